The normalized spacial score (nSPS) is 11.2. The van der Waals surface area contributed by atoms with Crippen LogP contribution in [0.3, 0.4) is 0 Å². The van der Waals surface area contributed by atoms with Crippen molar-refractivity contribution < 1.29 is 4.74 Å². The molecule has 1 heterocycles. The van der Waals surface area contributed by atoms with Crippen LogP contribution in [0.4, 0.5) is 11.5 Å². The van der Waals surface area contributed by atoms with Gasteiger partial charge >= 0.3 is 0 Å². The lowest BCUT2D eigenvalue weighted by molar-refractivity contribution is 0.305. The third-order valence-corrected chi connectivity index (χ3v) is 3.07. The number of hydrogen-bond donors (Lipinski definition) is 2. The van der Waals surface area contributed by atoms with E-state index < -0.39 is 0 Å². The molecule has 0 radical (unpaired) electrons. The number of rotatable bonds is 10. The van der Waals surface area contributed by atoms with Crippen LogP contribution in [-0.4, -0.2) is 48.7 Å². The van der Waals surface area contributed by atoms with Gasteiger partial charge in [0.15, 0.2) is 5.82 Å². The van der Waals surface area contributed by atoms with Crippen LogP contribution < -0.4 is 15.8 Å². The van der Waals surface area contributed by atoms with Crippen molar-refractivity contribution in [3.8, 4) is 5.88 Å². The summed E-state index contributed by atoms with van der Waals surface area (Å²) in [5.74, 6) is 2.47. The van der Waals surface area contributed by atoms with Crippen LogP contribution in [0.5, 0.6) is 5.88 Å². The molecule has 0 atom stereocenters. The molecule has 3 N–H and O–H groups in total. The molecule has 0 amide bonds. The predicted molar refractivity (Wildman–Crippen MR) is 92.4 cm³/mol. The third kappa shape index (κ3) is 6.47. The first-order valence-corrected chi connectivity index (χ1v) is 8.11. The number of nitrogens with two attached hydrogens (primary N) is 1. The topological polar surface area (TPSA) is 76.3 Å². The Labute approximate surface area is 134 Å². The van der Waals surface area contributed by atoms with E-state index in [0.717, 1.165) is 38.2 Å². The molecule has 0 bridgehead atoms. The Hall–Kier alpha value is -1.56. The summed E-state index contributed by atoms with van der Waals surface area (Å²) in [5, 5.41) is 3.32. The van der Waals surface area contributed by atoms with E-state index in [0.29, 0.717) is 29.9 Å². The highest BCUT2D eigenvalue weighted by Crippen LogP contribution is 2.27. The van der Waals surface area contributed by atoms with Crippen molar-refractivity contribution in [3.05, 3.63) is 5.82 Å². The maximum atomic E-state index is 6.14. The summed E-state index contributed by atoms with van der Waals surface area (Å²) in [6.07, 6.45) is 2.77. The highest BCUT2D eigenvalue weighted by atomic mass is 16.5. The highest BCUT2D eigenvalue weighted by Gasteiger charge is 2.13. The minimum atomic E-state index is 0.490. The molecule has 0 spiro atoms. The molecule has 0 aromatic carbocycles. The molecular formula is C16H31N5O. The van der Waals surface area contributed by atoms with Crippen molar-refractivity contribution in [1.29, 1.82) is 0 Å². The van der Waals surface area contributed by atoms with E-state index in [-0.39, 0.29) is 0 Å². The number of aromatic nitrogens is 2. The van der Waals surface area contributed by atoms with Crippen molar-refractivity contribution in [3.63, 3.8) is 0 Å². The average Bonchev–Trinajstić information content (AvgIpc) is 2.44. The summed E-state index contributed by atoms with van der Waals surface area (Å²) in [4.78, 5) is 11.2. The molecule has 1 aromatic rings. The van der Waals surface area contributed by atoms with Gasteiger partial charge in [-0.15, -0.1) is 0 Å². The minimum Gasteiger partial charge on any atom is -0.476 e. The highest BCUT2D eigenvalue weighted by molar-refractivity contribution is 5.66. The molecule has 1 rings (SSSR count). The van der Waals surface area contributed by atoms with Gasteiger partial charge in [-0.2, -0.15) is 4.98 Å². The summed E-state index contributed by atoms with van der Waals surface area (Å²) in [6, 6.07) is 0. The van der Waals surface area contributed by atoms with Crippen LogP contribution in [0.15, 0.2) is 0 Å². The Morgan fingerprint density at radius 3 is 2.59 bits per heavy atom. The molecular weight excluding hydrogens is 278 g/mol. The smallest absolute Gasteiger partial charge is 0.242 e. The Kier molecular flexibility index (Phi) is 7.95. The van der Waals surface area contributed by atoms with Crippen LogP contribution in [0.2, 0.25) is 0 Å². The molecule has 126 valence electrons. The van der Waals surface area contributed by atoms with Gasteiger partial charge in [0.1, 0.15) is 11.5 Å². The number of nitrogens with one attached hydrogen (secondary N) is 1. The molecule has 0 saturated heterocycles. The number of anilines is 2. The fourth-order valence-electron chi connectivity index (χ4n) is 2.00. The van der Waals surface area contributed by atoms with Gasteiger partial charge in [0.2, 0.25) is 5.88 Å². The third-order valence-electron chi connectivity index (χ3n) is 3.07. The second-order valence-corrected chi connectivity index (χ2v) is 6.24. The van der Waals surface area contributed by atoms with Crippen molar-refractivity contribution in [2.45, 2.75) is 40.0 Å². The van der Waals surface area contributed by atoms with Crippen molar-refractivity contribution in [2.24, 2.45) is 5.92 Å². The van der Waals surface area contributed by atoms with Gasteiger partial charge < -0.3 is 20.7 Å². The molecule has 1 aromatic heterocycles. The van der Waals surface area contributed by atoms with E-state index in [4.69, 9.17) is 10.5 Å². The standard InChI is InChI=1S/C16H31N5O/c1-6-10-22-16-14(17)15(18-8-7-9-21(4)5)19-13(20-16)11-12(2)3/h12H,6-11,17H2,1-5H3,(H,18,19,20). The zero-order valence-electron chi connectivity index (χ0n) is 14.6. The van der Waals surface area contributed by atoms with Gasteiger partial charge in [0.25, 0.3) is 0 Å². The van der Waals surface area contributed by atoms with Crippen LogP contribution >= 0.6 is 0 Å². The first kappa shape index (κ1) is 18.5. The van der Waals surface area contributed by atoms with Crippen LogP contribution in [0.25, 0.3) is 0 Å². The van der Waals surface area contributed by atoms with Gasteiger partial charge in [-0.1, -0.05) is 20.8 Å². The van der Waals surface area contributed by atoms with Crippen LogP contribution in [0, 0.1) is 5.92 Å². The maximum absolute atomic E-state index is 6.14. The SMILES string of the molecule is CCCOc1nc(CC(C)C)nc(NCCCN(C)C)c1N. The molecule has 0 aliphatic heterocycles. The summed E-state index contributed by atoms with van der Waals surface area (Å²) in [7, 11) is 4.13. The van der Waals surface area contributed by atoms with E-state index in [1.165, 1.54) is 0 Å². The summed E-state index contributed by atoms with van der Waals surface area (Å²) < 4.78 is 5.67. The van der Waals surface area contributed by atoms with E-state index >= 15 is 0 Å². The molecule has 6 heteroatoms. The number of ether oxygens (including phenoxy) is 1. The average molecular weight is 309 g/mol. The fourth-order valence-corrected chi connectivity index (χ4v) is 2.00. The Morgan fingerprint density at radius 2 is 2.00 bits per heavy atom. The summed E-state index contributed by atoms with van der Waals surface area (Å²) in [5.41, 5.74) is 6.65. The largest absolute Gasteiger partial charge is 0.476 e. The number of nitrogen functional groups attached to an aromatic ring is 1. The quantitative estimate of drug-likeness (QED) is 0.646. The van der Waals surface area contributed by atoms with Gasteiger partial charge in [-0.3, -0.25) is 0 Å². The zero-order chi connectivity index (χ0) is 16.5. The second-order valence-electron chi connectivity index (χ2n) is 6.24. The van der Waals surface area contributed by atoms with Crippen molar-refractivity contribution in [1.82, 2.24) is 14.9 Å². The predicted octanol–water partition coefficient (Wildman–Crippen LogP) is 2.41. The molecule has 0 aliphatic rings. The molecule has 0 fully saturated rings. The first-order chi connectivity index (χ1) is 10.4. The lowest BCUT2D eigenvalue weighted by atomic mass is 10.1. The molecule has 6 nitrogen and oxygen atoms in total. The van der Waals surface area contributed by atoms with E-state index in [1.807, 2.05) is 0 Å². The van der Waals surface area contributed by atoms with E-state index in [1.54, 1.807) is 0 Å². The molecule has 0 unspecified atom stereocenters. The van der Waals surface area contributed by atoms with E-state index in [9.17, 15) is 0 Å². The molecule has 0 aliphatic carbocycles. The number of hydrogen-bond acceptors (Lipinski definition) is 6. The Bertz CT molecular complexity index is 448. The van der Waals surface area contributed by atoms with E-state index in [2.05, 4.69) is 55.1 Å². The van der Waals surface area contributed by atoms with Gasteiger partial charge in [0.05, 0.1) is 6.61 Å². The Balaban J connectivity index is 2.82. The first-order valence-electron chi connectivity index (χ1n) is 8.11. The minimum absolute atomic E-state index is 0.490. The monoisotopic (exact) mass is 309 g/mol. The molecule has 0 saturated carbocycles. The van der Waals surface area contributed by atoms with Crippen LogP contribution in [-0.2, 0) is 6.42 Å². The molecule has 22 heavy (non-hydrogen) atoms. The zero-order valence-corrected chi connectivity index (χ0v) is 14.6. The lowest BCUT2D eigenvalue weighted by Crippen LogP contribution is -2.18. The number of nitrogens with zero attached hydrogens (tertiary/aromatic N) is 3. The second kappa shape index (κ2) is 9.46. The van der Waals surface area contributed by atoms with Gasteiger partial charge in [-0.25, -0.2) is 4.98 Å². The van der Waals surface area contributed by atoms with Crippen molar-refractivity contribution in [2.75, 3.05) is 44.8 Å². The van der Waals surface area contributed by atoms with Gasteiger partial charge in [-0.05, 0) is 39.4 Å². The maximum Gasteiger partial charge on any atom is 0.242 e. The Morgan fingerprint density at radius 1 is 1.27 bits per heavy atom. The lowest BCUT2D eigenvalue weighted by Gasteiger charge is -2.15. The summed E-state index contributed by atoms with van der Waals surface area (Å²) in [6.45, 7) is 8.83. The van der Waals surface area contributed by atoms with Crippen molar-refractivity contribution >= 4 is 11.5 Å². The van der Waals surface area contributed by atoms with Gasteiger partial charge in [0, 0.05) is 13.0 Å². The summed E-state index contributed by atoms with van der Waals surface area (Å²) >= 11 is 0. The fraction of sp³-hybridized carbons (Fsp3) is 0.750. The van der Waals surface area contributed by atoms with Crippen LogP contribution in [0.1, 0.15) is 39.4 Å².